The maximum absolute atomic E-state index is 12.8. The van der Waals surface area contributed by atoms with Crippen molar-refractivity contribution in [2.75, 3.05) is 17.9 Å². The van der Waals surface area contributed by atoms with Crippen molar-refractivity contribution >= 4 is 27.6 Å². The third kappa shape index (κ3) is 5.53. The number of benzene rings is 2. The first-order valence-corrected chi connectivity index (χ1v) is 13.4. The lowest BCUT2D eigenvalue weighted by molar-refractivity contribution is -0.135. The van der Waals surface area contributed by atoms with Crippen LogP contribution in [0.3, 0.4) is 0 Å². The third-order valence-electron chi connectivity index (χ3n) is 7.07. The molecule has 0 radical (unpaired) electrons. The van der Waals surface area contributed by atoms with Crippen LogP contribution in [0.1, 0.15) is 61.5 Å². The van der Waals surface area contributed by atoms with Crippen molar-refractivity contribution in [3.05, 3.63) is 59.2 Å². The van der Waals surface area contributed by atoms with E-state index >= 15 is 0 Å². The summed E-state index contributed by atoms with van der Waals surface area (Å²) in [6.45, 7) is 10.7. The van der Waals surface area contributed by atoms with Crippen LogP contribution in [-0.4, -0.2) is 44.4 Å². The number of carbonyl (C=O) groups is 2. The van der Waals surface area contributed by atoms with Crippen molar-refractivity contribution < 1.29 is 22.7 Å². The fourth-order valence-electron chi connectivity index (χ4n) is 5.93. The van der Waals surface area contributed by atoms with Gasteiger partial charge in [-0.3, -0.25) is 9.52 Å². The summed E-state index contributed by atoms with van der Waals surface area (Å²) >= 11 is 0. The van der Waals surface area contributed by atoms with E-state index in [0.717, 1.165) is 24.8 Å². The number of likely N-dealkylation sites (tertiary alicyclic amines) is 1. The number of carbonyl (C=O) groups excluding carboxylic acids is 2. The quantitative estimate of drug-likeness (QED) is 0.584. The highest BCUT2D eigenvalue weighted by Crippen LogP contribution is 2.52. The minimum atomic E-state index is -3.77. The Kier molecular flexibility index (Phi) is 6.47. The first kappa shape index (κ1) is 25.2. The number of ether oxygens (including phenoxy) is 1. The Morgan fingerprint density at radius 3 is 2.43 bits per heavy atom. The van der Waals surface area contributed by atoms with Crippen molar-refractivity contribution in [3.63, 3.8) is 0 Å². The number of esters is 1. The third-order valence-corrected chi connectivity index (χ3v) is 8.59. The molecule has 0 spiro atoms. The van der Waals surface area contributed by atoms with Gasteiger partial charge in [-0.2, -0.15) is 0 Å². The summed E-state index contributed by atoms with van der Waals surface area (Å²) in [4.78, 5) is 27.5. The maximum Gasteiger partial charge on any atom is 0.338 e. The summed E-state index contributed by atoms with van der Waals surface area (Å²) in [7, 11) is -3.77. The molecular formula is C27H34N2O5S. The predicted octanol–water partition coefficient (Wildman–Crippen LogP) is 4.69. The van der Waals surface area contributed by atoms with Gasteiger partial charge in [0.2, 0.25) is 0 Å². The molecule has 2 aliphatic rings. The number of amides is 1. The molecule has 4 rings (SSSR count). The largest absolute Gasteiger partial charge is 0.452 e. The minimum Gasteiger partial charge on any atom is -0.452 e. The number of rotatable bonds is 6. The molecule has 2 aromatic carbocycles. The van der Waals surface area contributed by atoms with Crippen LogP contribution in [0.5, 0.6) is 0 Å². The molecule has 35 heavy (non-hydrogen) atoms. The maximum atomic E-state index is 12.8. The van der Waals surface area contributed by atoms with Crippen LogP contribution >= 0.6 is 0 Å². The van der Waals surface area contributed by atoms with Crippen LogP contribution in [0.4, 0.5) is 5.69 Å². The molecule has 188 valence electrons. The Morgan fingerprint density at radius 2 is 1.74 bits per heavy atom. The van der Waals surface area contributed by atoms with E-state index in [0.29, 0.717) is 17.8 Å². The van der Waals surface area contributed by atoms with Gasteiger partial charge in [-0.25, -0.2) is 13.2 Å². The van der Waals surface area contributed by atoms with Gasteiger partial charge in [0.15, 0.2) is 6.61 Å². The lowest BCUT2D eigenvalue weighted by Gasteiger charge is -2.39. The molecule has 1 saturated carbocycles. The Hall–Kier alpha value is -2.87. The molecule has 8 heteroatoms. The summed E-state index contributed by atoms with van der Waals surface area (Å²) in [5, 5.41) is 0. The molecule has 1 heterocycles. The molecule has 2 bridgehead atoms. The van der Waals surface area contributed by atoms with Crippen molar-refractivity contribution in [2.45, 2.75) is 64.8 Å². The van der Waals surface area contributed by atoms with E-state index in [-0.39, 0.29) is 39.8 Å². The van der Waals surface area contributed by atoms with Crippen LogP contribution < -0.4 is 4.72 Å². The first-order chi connectivity index (χ1) is 16.3. The average Bonchev–Trinajstić information content (AvgIpc) is 3.02. The molecule has 2 unspecified atom stereocenters. The summed E-state index contributed by atoms with van der Waals surface area (Å²) in [6, 6.07) is 11.4. The van der Waals surface area contributed by atoms with Gasteiger partial charge in [0, 0.05) is 18.3 Å². The number of anilines is 1. The molecule has 2 atom stereocenters. The van der Waals surface area contributed by atoms with Crippen molar-refractivity contribution in [1.82, 2.24) is 4.90 Å². The summed E-state index contributed by atoms with van der Waals surface area (Å²) in [5.74, 6) is -0.779. The molecule has 2 aromatic rings. The van der Waals surface area contributed by atoms with Gasteiger partial charge in [-0.1, -0.05) is 32.9 Å². The molecule has 1 saturated heterocycles. The Morgan fingerprint density at radius 1 is 1.06 bits per heavy atom. The van der Waals surface area contributed by atoms with E-state index in [9.17, 15) is 18.0 Å². The molecule has 2 fully saturated rings. The van der Waals surface area contributed by atoms with Crippen LogP contribution in [-0.2, 0) is 19.6 Å². The fourth-order valence-corrected chi connectivity index (χ4v) is 7.32. The number of hydrogen-bond acceptors (Lipinski definition) is 5. The predicted molar refractivity (Wildman–Crippen MR) is 135 cm³/mol. The normalized spacial score (nSPS) is 23.1. The van der Waals surface area contributed by atoms with E-state index in [4.69, 9.17) is 4.74 Å². The Bertz CT molecular complexity index is 1250. The number of nitrogens with one attached hydrogen (secondary N) is 1. The van der Waals surface area contributed by atoms with E-state index in [1.54, 1.807) is 19.1 Å². The molecule has 1 N–H and O–H groups in total. The second-order valence-corrected chi connectivity index (χ2v) is 12.9. The number of sulfonamides is 1. The zero-order valence-electron chi connectivity index (χ0n) is 21.1. The van der Waals surface area contributed by atoms with Crippen LogP contribution in [0, 0.1) is 24.7 Å². The van der Waals surface area contributed by atoms with Gasteiger partial charge in [0.1, 0.15) is 0 Å². The van der Waals surface area contributed by atoms with E-state index in [2.05, 4.69) is 25.5 Å². The lowest BCUT2D eigenvalue weighted by Crippen LogP contribution is -2.39. The van der Waals surface area contributed by atoms with E-state index in [1.807, 2.05) is 17.9 Å². The van der Waals surface area contributed by atoms with Crippen LogP contribution in [0.15, 0.2) is 47.4 Å². The lowest BCUT2D eigenvalue weighted by atomic mass is 9.65. The van der Waals surface area contributed by atoms with Crippen LogP contribution in [0.25, 0.3) is 0 Å². The highest BCUT2D eigenvalue weighted by Gasteiger charge is 2.50. The van der Waals surface area contributed by atoms with Gasteiger partial charge in [-0.15, -0.1) is 0 Å². The standard InChI is InChI=1S/C27H34N2O5S/c1-18-6-7-19(2)23(12-18)35(32,33)28-21-10-8-20(9-11-21)25(31)34-15-24(30)29-17-27(5)14-22(29)13-26(3,4)16-27/h6-12,22,28H,13-17H2,1-5H3. The topological polar surface area (TPSA) is 92.8 Å². The smallest absolute Gasteiger partial charge is 0.338 e. The zero-order valence-corrected chi connectivity index (χ0v) is 21.9. The molecular weight excluding hydrogens is 464 g/mol. The highest BCUT2D eigenvalue weighted by atomic mass is 32.2. The van der Waals surface area contributed by atoms with Gasteiger partial charge in [0.05, 0.1) is 10.5 Å². The van der Waals surface area contributed by atoms with Crippen molar-refractivity contribution in [1.29, 1.82) is 0 Å². The summed E-state index contributed by atoms with van der Waals surface area (Å²) < 4.78 is 33.4. The number of hydrogen-bond donors (Lipinski definition) is 1. The van der Waals surface area contributed by atoms with Crippen LogP contribution in [0.2, 0.25) is 0 Å². The Labute approximate surface area is 207 Å². The molecule has 1 aliphatic heterocycles. The van der Waals surface area contributed by atoms with Gasteiger partial charge in [-0.05, 0) is 85.4 Å². The average molecular weight is 499 g/mol. The van der Waals surface area contributed by atoms with Gasteiger partial charge >= 0.3 is 5.97 Å². The monoisotopic (exact) mass is 498 g/mol. The van der Waals surface area contributed by atoms with E-state index in [1.165, 1.54) is 24.3 Å². The molecule has 1 aliphatic carbocycles. The molecule has 1 amide bonds. The van der Waals surface area contributed by atoms with Gasteiger partial charge < -0.3 is 9.64 Å². The van der Waals surface area contributed by atoms with Crippen molar-refractivity contribution in [3.8, 4) is 0 Å². The number of aryl methyl sites for hydroxylation is 2. The SMILES string of the molecule is Cc1ccc(C)c(S(=O)(=O)Nc2ccc(C(=O)OCC(=O)N3CC4(C)CC3CC(C)(C)C4)cc2)c1. The summed E-state index contributed by atoms with van der Waals surface area (Å²) in [5.41, 5.74) is 2.39. The fraction of sp³-hybridized carbons (Fsp3) is 0.481. The van der Waals surface area contributed by atoms with Crippen molar-refractivity contribution in [2.24, 2.45) is 10.8 Å². The second-order valence-electron chi connectivity index (χ2n) is 11.3. The first-order valence-electron chi connectivity index (χ1n) is 11.9. The zero-order chi connectivity index (χ0) is 25.6. The van der Waals surface area contributed by atoms with E-state index < -0.39 is 16.0 Å². The molecule has 7 nitrogen and oxygen atoms in total. The second kappa shape index (κ2) is 8.97. The Balaban J connectivity index is 1.36. The number of fused-ring (bicyclic) bond motifs is 2. The summed E-state index contributed by atoms with van der Waals surface area (Å²) in [6.07, 6.45) is 3.04. The van der Waals surface area contributed by atoms with Gasteiger partial charge in [0.25, 0.3) is 15.9 Å². The highest BCUT2D eigenvalue weighted by molar-refractivity contribution is 7.92. The minimum absolute atomic E-state index is 0.117. The number of nitrogens with zero attached hydrogens (tertiary/aromatic N) is 1. The molecule has 0 aromatic heterocycles.